The third kappa shape index (κ3) is 5.75. The van der Waals surface area contributed by atoms with Crippen molar-refractivity contribution >= 4 is 80.8 Å². The summed E-state index contributed by atoms with van der Waals surface area (Å²) in [5.74, 6) is -0.0793. The number of nitrogens with one attached hydrogen (secondary N) is 1. The number of thiocarbonyl (C=S) groups is 1. The number of carbonyl (C=O) groups is 2. The largest absolute Gasteiger partial charge is 0.483 e. The third-order valence-corrected chi connectivity index (χ3v) is 6.38. The van der Waals surface area contributed by atoms with Crippen molar-refractivity contribution in [1.29, 1.82) is 0 Å². The number of anilines is 2. The topological polar surface area (TPSA) is 58.6 Å². The molecule has 1 N–H and O–H groups in total. The highest BCUT2D eigenvalue weighted by Crippen LogP contribution is 2.37. The van der Waals surface area contributed by atoms with Crippen LogP contribution in [0.3, 0.4) is 0 Å². The van der Waals surface area contributed by atoms with Crippen LogP contribution in [0.15, 0.2) is 77.7 Å². The Hall–Kier alpha value is -2.84. The van der Waals surface area contributed by atoms with E-state index in [-0.39, 0.29) is 18.4 Å². The van der Waals surface area contributed by atoms with Crippen LogP contribution in [-0.4, -0.2) is 22.7 Å². The number of hydrogen-bond donors (Lipinski definition) is 1. The van der Waals surface area contributed by atoms with E-state index in [1.165, 1.54) is 16.7 Å². The van der Waals surface area contributed by atoms with Gasteiger partial charge < -0.3 is 10.1 Å². The maximum atomic E-state index is 13.0. The van der Waals surface area contributed by atoms with Crippen LogP contribution in [0.5, 0.6) is 5.75 Å². The summed E-state index contributed by atoms with van der Waals surface area (Å²) < 4.78 is 6.15. The summed E-state index contributed by atoms with van der Waals surface area (Å²) in [6.45, 7) is -0.195. The van der Waals surface area contributed by atoms with Crippen LogP contribution >= 0.6 is 47.2 Å². The lowest BCUT2D eigenvalue weighted by Crippen LogP contribution is -2.27. The molecule has 3 aromatic rings. The van der Waals surface area contributed by atoms with Crippen molar-refractivity contribution in [1.82, 2.24) is 0 Å². The molecule has 1 aliphatic rings. The van der Waals surface area contributed by atoms with E-state index in [1.54, 1.807) is 72.8 Å². The first kappa shape index (κ1) is 23.3. The SMILES string of the molecule is O=C(COc1ccccc1/C=C1\SC(=S)N(c2ccc(Cl)cc2)C1=O)Nc1ccc(Cl)cc1. The van der Waals surface area contributed by atoms with Crippen LogP contribution in [0.25, 0.3) is 6.08 Å². The van der Waals surface area contributed by atoms with Crippen LogP contribution in [0.2, 0.25) is 10.0 Å². The summed E-state index contributed by atoms with van der Waals surface area (Å²) in [6.07, 6.45) is 1.71. The first-order valence-electron chi connectivity index (χ1n) is 9.71. The Morgan fingerprint density at radius 3 is 2.33 bits per heavy atom. The molecule has 2 amide bonds. The maximum Gasteiger partial charge on any atom is 0.270 e. The number of halogens is 2. The second-order valence-electron chi connectivity index (χ2n) is 6.88. The molecule has 9 heteroatoms. The minimum atomic E-state index is -0.318. The van der Waals surface area contributed by atoms with Gasteiger partial charge in [0.25, 0.3) is 11.8 Å². The van der Waals surface area contributed by atoms with Gasteiger partial charge in [-0.05, 0) is 60.7 Å². The van der Waals surface area contributed by atoms with E-state index >= 15 is 0 Å². The minimum Gasteiger partial charge on any atom is -0.483 e. The number of benzene rings is 3. The summed E-state index contributed by atoms with van der Waals surface area (Å²) in [5.41, 5.74) is 1.93. The lowest BCUT2D eigenvalue weighted by Gasteiger charge is -2.14. The monoisotopic (exact) mass is 514 g/mol. The molecule has 0 unspecified atom stereocenters. The van der Waals surface area contributed by atoms with Crippen LogP contribution < -0.4 is 15.0 Å². The Balaban J connectivity index is 1.47. The van der Waals surface area contributed by atoms with Crippen molar-refractivity contribution in [2.75, 3.05) is 16.8 Å². The van der Waals surface area contributed by atoms with Crippen molar-refractivity contribution in [3.8, 4) is 5.75 Å². The van der Waals surface area contributed by atoms with Gasteiger partial charge in [0.15, 0.2) is 10.9 Å². The Bertz CT molecular complexity index is 1250. The van der Waals surface area contributed by atoms with Crippen molar-refractivity contribution in [2.45, 2.75) is 0 Å². The highest BCUT2D eigenvalue weighted by Gasteiger charge is 2.33. The number of amides is 2. The lowest BCUT2D eigenvalue weighted by atomic mass is 10.2. The van der Waals surface area contributed by atoms with Gasteiger partial charge >= 0.3 is 0 Å². The van der Waals surface area contributed by atoms with Crippen LogP contribution in [0.1, 0.15) is 5.56 Å². The smallest absolute Gasteiger partial charge is 0.270 e. The Morgan fingerprint density at radius 1 is 1.00 bits per heavy atom. The molecule has 33 heavy (non-hydrogen) atoms. The Morgan fingerprint density at radius 2 is 1.64 bits per heavy atom. The Labute approximate surface area is 210 Å². The first-order chi connectivity index (χ1) is 15.9. The fourth-order valence-corrected chi connectivity index (χ4v) is 4.57. The van der Waals surface area contributed by atoms with Crippen LogP contribution in [-0.2, 0) is 9.59 Å². The highest BCUT2D eigenvalue weighted by atomic mass is 35.5. The number of ether oxygens (including phenoxy) is 1. The summed E-state index contributed by atoms with van der Waals surface area (Å²) in [6, 6.07) is 20.8. The molecule has 1 heterocycles. The fraction of sp³-hybridized carbons (Fsp3) is 0.0417. The molecule has 1 saturated heterocycles. The van der Waals surface area contributed by atoms with Gasteiger partial charge in [-0.3, -0.25) is 14.5 Å². The van der Waals surface area contributed by atoms with Gasteiger partial charge in [0.05, 0.1) is 10.6 Å². The van der Waals surface area contributed by atoms with Crippen LogP contribution in [0, 0.1) is 0 Å². The molecule has 0 saturated carbocycles. The van der Waals surface area contributed by atoms with Gasteiger partial charge in [0.1, 0.15) is 5.75 Å². The van der Waals surface area contributed by atoms with E-state index in [0.717, 1.165) is 0 Å². The van der Waals surface area contributed by atoms with E-state index in [0.29, 0.717) is 42.0 Å². The normalized spacial score (nSPS) is 14.6. The van der Waals surface area contributed by atoms with E-state index < -0.39 is 0 Å². The number of rotatable bonds is 6. The number of thioether (sulfide) groups is 1. The van der Waals surface area contributed by atoms with Gasteiger partial charge in [0.2, 0.25) is 0 Å². The van der Waals surface area contributed by atoms with Crippen molar-refractivity contribution < 1.29 is 14.3 Å². The second kappa shape index (κ2) is 10.4. The predicted molar refractivity (Wildman–Crippen MR) is 139 cm³/mol. The maximum absolute atomic E-state index is 13.0. The molecule has 0 aromatic heterocycles. The quantitative estimate of drug-likeness (QED) is 0.304. The molecule has 1 aliphatic heterocycles. The van der Waals surface area contributed by atoms with Gasteiger partial charge in [-0.25, -0.2) is 0 Å². The predicted octanol–water partition coefficient (Wildman–Crippen LogP) is 6.42. The van der Waals surface area contributed by atoms with E-state index in [4.69, 9.17) is 40.2 Å². The summed E-state index contributed by atoms with van der Waals surface area (Å²) in [4.78, 5) is 27.2. The van der Waals surface area contributed by atoms with E-state index in [1.807, 2.05) is 6.07 Å². The summed E-state index contributed by atoms with van der Waals surface area (Å²) >= 11 is 18.4. The van der Waals surface area contributed by atoms with Gasteiger partial charge in [-0.15, -0.1) is 0 Å². The minimum absolute atomic E-state index is 0.195. The molecule has 0 bridgehead atoms. The zero-order valence-corrected chi connectivity index (χ0v) is 20.1. The van der Waals surface area contributed by atoms with Crippen LogP contribution in [0.4, 0.5) is 11.4 Å². The summed E-state index contributed by atoms with van der Waals surface area (Å²) in [7, 11) is 0. The molecule has 3 aromatic carbocycles. The zero-order valence-electron chi connectivity index (χ0n) is 17.0. The lowest BCUT2D eigenvalue weighted by molar-refractivity contribution is -0.118. The summed E-state index contributed by atoms with van der Waals surface area (Å²) in [5, 5.41) is 3.90. The number of para-hydroxylation sites is 1. The van der Waals surface area contributed by atoms with Gasteiger partial charge in [-0.2, -0.15) is 0 Å². The Kier molecular flexibility index (Phi) is 7.35. The van der Waals surface area contributed by atoms with E-state index in [2.05, 4.69) is 5.32 Å². The molecule has 166 valence electrons. The standard InChI is InChI=1S/C24H16Cl2N2O3S2/c25-16-5-9-18(10-6-16)27-22(29)14-31-20-4-2-1-3-15(20)13-21-23(30)28(24(32)33-21)19-11-7-17(26)8-12-19/h1-13H,14H2,(H,27,29)/b21-13-. The van der Waals surface area contributed by atoms with Crippen molar-refractivity contribution in [3.05, 3.63) is 93.3 Å². The molecule has 1 fully saturated rings. The molecular weight excluding hydrogens is 499 g/mol. The van der Waals surface area contributed by atoms with E-state index in [9.17, 15) is 9.59 Å². The van der Waals surface area contributed by atoms with Crippen molar-refractivity contribution in [2.24, 2.45) is 0 Å². The fourth-order valence-electron chi connectivity index (χ4n) is 3.03. The second-order valence-corrected chi connectivity index (χ2v) is 9.42. The van der Waals surface area contributed by atoms with Gasteiger partial charge in [-0.1, -0.05) is 65.4 Å². The highest BCUT2D eigenvalue weighted by molar-refractivity contribution is 8.27. The van der Waals surface area contributed by atoms with Crippen molar-refractivity contribution in [3.63, 3.8) is 0 Å². The zero-order chi connectivity index (χ0) is 23.4. The molecule has 0 atom stereocenters. The molecule has 0 radical (unpaired) electrons. The third-order valence-electron chi connectivity index (χ3n) is 4.57. The molecule has 0 aliphatic carbocycles. The molecule has 5 nitrogen and oxygen atoms in total. The number of carbonyl (C=O) groups excluding carboxylic acids is 2. The van der Waals surface area contributed by atoms with Gasteiger partial charge in [0, 0.05) is 21.3 Å². The average molecular weight is 515 g/mol. The first-order valence-corrected chi connectivity index (χ1v) is 11.7. The number of hydrogen-bond acceptors (Lipinski definition) is 5. The molecular formula is C24H16Cl2N2O3S2. The molecule has 0 spiro atoms. The average Bonchev–Trinajstić information content (AvgIpc) is 3.08. The number of nitrogens with zero attached hydrogens (tertiary/aromatic N) is 1. The molecule has 4 rings (SSSR count).